The Labute approximate surface area is 109 Å². The summed E-state index contributed by atoms with van der Waals surface area (Å²) in [5.74, 6) is 0.949. The van der Waals surface area contributed by atoms with Gasteiger partial charge in [0.25, 0.3) is 0 Å². The molecule has 2 aromatic rings. The number of hydrogen-bond acceptors (Lipinski definition) is 3. The van der Waals surface area contributed by atoms with Crippen molar-refractivity contribution in [2.75, 3.05) is 17.7 Å². The lowest BCUT2D eigenvalue weighted by Gasteiger charge is -2.21. The van der Waals surface area contributed by atoms with Crippen LogP contribution >= 0.6 is 15.9 Å². The third-order valence-corrected chi connectivity index (χ3v) is 3.27. The molecule has 90 valence electrons. The van der Waals surface area contributed by atoms with Crippen LogP contribution in [-0.2, 0) is 6.54 Å². The van der Waals surface area contributed by atoms with Gasteiger partial charge >= 0.3 is 0 Å². The van der Waals surface area contributed by atoms with Gasteiger partial charge in [0.2, 0.25) is 0 Å². The maximum atomic E-state index is 5.97. The van der Waals surface area contributed by atoms with Crippen molar-refractivity contribution in [3.05, 3.63) is 46.3 Å². The number of aryl methyl sites for hydroxylation is 1. The summed E-state index contributed by atoms with van der Waals surface area (Å²) in [5.41, 5.74) is 8.93. The molecule has 0 aliphatic heterocycles. The zero-order valence-corrected chi connectivity index (χ0v) is 11.5. The monoisotopic (exact) mass is 294 g/mol. The molecular formula is C13H15BrN2O. The van der Waals surface area contributed by atoms with E-state index in [1.54, 1.807) is 6.26 Å². The van der Waals surface area contributed by atoms with E-state index in [4.69, 9.17) is 10.2 Å². The molecule has 0 radical (unpaired) electrons. The number of halogens is 1. The van der Waals surface area contributed by atoms with E-state index in [0.717, 1.165) is 28.2 Å². The number of nitrogens with two attached hydrogens (primary N) is 1. The van der Waals surface area contributed by atoms with Gasteiger partial charge in [-0.1, -0.05) is 15.9 Å². The van der Waals surface area contributed by atoms with E-state index >= 15 is 0 Å². The lowest BCUT2D eigenvalue weighted by Crippen LogP contribution is -2.17. The molecule has 0 spiro atoms. The van der Waals surface area contributed by atoms with Crippen LogP contribution in [0.5, 0.6) is 0 Å². The van der Waals surface area contributed by atoms with Crippen LogP contribution in [0.15, 0.2) is 39.4 Å². The van der Waals surface area contributed by atoms with Gasteiger partial charge in [-0.25, -0.2) is 0 Å². The largest absolute Gasteiger partial charge is 0.469 e. The summed E-state index contributed by atoms with van der Waals surface area (Å²) in [6, 6.07) is 7.85. The Balaban J connectivity index is 2.23. The predicted octanol–water partition coefficient (Wildman–Crippen LogP) is 3.57. The summed E-state index contributed by atoms with van der Waals surface area (Å²) in [7, 11) is 2.02. The molecule has 17 heavy (non-hydrogen) atoms. The average molecular weight is 295 g/mol. The normalized spacial score (nSPS) is 10.5. The van der Waals surface area contributed by atoms with Gasteiger partial charge in [0.05, 0.1) is 17.6 Å². The highest BCUT2D eigenvalue weighted by Crippen LogP contribution is 2.27. The standard InChI is InChI=1S/C13H15BrN2O/c1-9-10(5-6-17-9)8-16(2)13-7-11(14)3-4-12(13)15/h3-7H,8,15H2,1-2H3. The van der Waals surface area contributed by atoms with E-state index in [-0.39, 0.29) is 0 Å². The number of rotatable bonds is 3. The minimum Gasteiger partial charge on any atom is -0.469 e. The second-order valence-corrected chi connectivity index (χ2v) is 4.98. The van der Waals surface area contributed by atoms with Crippen LogP contribution in [0, 0.1) is 6.92 Å². The summed E-state index contributed by atoms with van der Waals surface area (Å²) in [4.78, 5) is 2.11. The van der Waals surface area contributed by atoms with Crippen LogP contribution in [0.1, 0.15) is 11.3 Å². The van der Waals surface area contributed by atoms with Crippen molar-refractivity contribution < 1.29 is 4.42 Å². The second-order valence-electron chi connectivity index (χ2n) is 4.06. The van der Waals surface area contributed by atoms with Crippen molar-refractivity contribution in [3.63, 3.8) is 0 Å². The summed E-state index contributed by atoms with van der Waals surface area (Å²) in [5, 5.41) is 0. The number of nitrogens with zero attached hydrogens (tertiary/aromatic N) is 1. The van der Waals surface area contributed by atoms with Crippen LogP contribution in [0.25, 0.3) is 0 Å². The number of furan rings is 1. The summed E-state index contributed by atoms with van der Waals surface area (Å²) < 4.78 is 6.31. The van der Waals surface area contributed by atoms with E-state index in [0.29, 0.717) is 0 Å². The molecule has 0 aliphatic rings. The Morgan fingerprint density at radius 3 is 2.76 bits per heavy atom. The van der Waals surface area contributed by atoms with E-state index in [1.807, 2.05) is 38.2 Å². The maximum Gasteiger partial charge on any atom is 0.105 e. The smallest absolute Gasteiger partial charge is 0.105 e. The van der Waals surface area contributed by atoms with Crippen LogP contribution in [0.2, 0.25) is 0 Å². The lowest BCUT2D eigenvalue weighted by molar-refractivity contribution is 0.529. The van der Waals surface area contributed by atoms with Crippen molar-refractivity contribution in [1.29, 1.82) is 0 Å². The Kier molecular flexibility index (Phi) is 3.43. The molecule has 0 atom stereocenters. The zero-order chi connectivity index (χ0) is 12.4. The van der Waals surface area contributed by atoms with Gasteiger partial charge in [0, 0.05) is 23.6 Å². The number of hydrogen-bond donors (Lipinski definition) is 1. The Morgan fingerprint density at radius 1 is 1.35 bits per heavy atom. The summed E-state index contributed by atoms with van der Waals surface area (Å²) in [6.07, 6.45) is 1.71. The zero-order valence-electron chi connectivity index (χ0n) is 9.90. The Morgan fingerprint density at radius 2 is 2.12 bits per heavy atom. The SMILES string of the molecule is Cc1occc1CN(C)c1cc(Br)ccc1N. The summed E-state index contributed by atoms with van der Waals surface area (Å²) >= 11 is 3.46. The van der Waals surface area contributed by atoms with Crippen LogP contribution in [-0.4, -0.2) is 7.05 Å². The highest BCUT2D eigenvalue weighted by Gasteiger charge is 2.09. The molecule has 0 saturated heterocycles. The van der Waals surface area contributed by atoms with E-state index in [2.05, 4.69) is 20.8 Å². The van der Waals surface area contributed by atoms with Gasteiger partial charge in [-0.3, -0.25) is 0 Å². The van der Waals surface area contributed by atoms with Crippen molar-refractivity contribution >= 4 is 27.3 Å². The quantitative estimate of drug-likeness (QED) is 0.880. The van der Waals surface area contributed by atoms with Crippen molar-refractivity contribution in [2.45, 2.75) is 13.5 Å². The molecule has 0 amide bonds. The van der Waals surface area contributed by atoms with Crippen LogP contribution in [0.3, 0.4) is 0 Å². The number of benzene rings is 1. The molecule has 4 heteroatoms. The molecule has 3 nitrogen and oxygen atoms in total. The van der Waals surface area contributed by atoms with Gasteiger partial charge in [0.15, 0.2) is 0 Å². The van der Waals surface area contributed by atoms with Crippen molar-refractivity contribution in [1.82, 2.24) is 0 Å². The predicted molar refractivity (Wildman–Crippen MR) is 74.1 cm³/mol. The fraction of sp³-hybridized carbons (Fsp3) is 0.231. The molecule has 0 unspecified atom stereocenters. The molecular weight excluding hydrogens is 280 g/mol. The minimum absolute atomic E-state index is 0.775. The Hall–Kier alpha value is -1.42. The first-order chi connectivity index (χ1) is 8.08. The highest BCUT2D eigenvalue weighted by atomic mass is 79.9. The van der Waals surface area contributed by atoms with Gasteiger partial charge < -0.3 is 15.1 Å². The molecule has 1 heterocycles. The first-order valence-electron chi connectivity index (χ1n) is 5.37. The fourth-order valence-electron chi connectivity index (χ4n) is 1.76. The van der Waals surface area contributed by atoms with E-state index < -0.39 is 0 Å². The molecule has 1 aromatic carbocycles. The van der Waals surface area contributed by atoms with Gasteiger partial charge in [-0.2, -0.15) is 0 Å². The second kappa shape index (κ2) is 4.84. The van der Waals surface area contributed by atoms with Gasteiger partial charge in [-0.05, 0) is 31.2 Å². The first-order valence-corrected chi connectivity index (χ1v) is 6.16. The van der Waals surface area contributed by atoms with Crippen LogP contribution < -0.4 is 10.6 Å². The number of anilines is 2. The van der Waals surface area contributed by atoms with E-state index in [9.17, 15) is 0 Å². The van der Waals surface area contributed by atoms with Gasteiger partial charge in [-0.15, -0.1) is 0 Å². The molecule has 2 rings (SSSR count). The number of nitrogen functional groups attached to an aromatic ring is 1. The minimum atomic E-state index is 0.775. The average Bonchev–Trinajstić information content (AvgIpc) is 2.68. The molecule has 0 saturated carbocycles. The molecule has 0 aliphatic carbocycles. The summed E-state index contributed by atoms with van der Waals surface area (Å²) in [6.45, 7) is 2.75. The third kappa shape index (κ3) is 2.64. The molecule has 0 fully saturated rings. The molecule has 1 aromatic heterocycles. The molecule has 0 bridgehead atoms. The van der Waals surface area contributed by atoms with Crippen LogP contribution in [0.4, 0.5) is 11.4 Å². The van der Waals surface area contributed by atoms with E-state index in [1.165, 1.54) is 5.56 Å². The fourth-order valence-corrected chi connectivity index (χ4v) is 2.11. The molecule has 2 N–H and O–H groups in total. The maximum absolute atomic E-state index is 5.97. The van der Waals surface area contributed by atoms with Crippen molar-refractivity contribution in [3.8, 4) is 0 Å². The highest BCUT2D eigenvalue weighted by molar-refractivity contribution is 9.10. The Bertz CT molecular complexity index is 522. The lowest BCUT2D eigenvalue weighted by atomic mass is 10.2. The third-order valence-electron chi connectivity index (χ3n) is 2.78. The van der Waals surface area contributed by atoms with Gasteiger partial charge in [0.1, 0.15) is 5.76 Å². The topological polar surface area (TPSA) is 42.4 Å². The first kappa shape index (κ1) is 12.0. The van der Waals surface area contributed by atoms with Crippen molar-refractivity contribution in [2.24, 2.45) is 0 Å².